The van der Waals surface area contributed by atoms with Gasteiger partial charge in [-0.2, -0.15) is 8.61 Å². The highest BCUT2D eigenvalue weighted by molar-refractivity contribution is 7.92. The van der Waals surface area contributed by atoms with Crippen molar-refractivity contribution in [2.75, 3.05) is 32.7 Å². The van der Waals surface area contributed by atoms with E-state index in [0.717, 1.165) is 12.8 Å². The lowest BCUT2D eigenvalue weighted by atomic mass is 10.3. The van der Waals surface area contributed by atoms with Gasteiger partial charge in [-0.1, -0.05) is 12.1 Å². The van der Waals surface area contributed by atoms with Crippen LogP contribution in [-0.2, 0) is 20.0 Å². The summed E-state index contributed by atoms with van der Waals surface area (Å²) in [5.74, 6) is 0. The van der Waals surface area contributed by atoms with Crippen LogP contribution in [0.5, 0.6) is 0 Å². The number of piperazine rings is 1. The molecule has 0 aromatic heterocycles. The van der Waals surface area contributed by atoms with E-state index in [-0.39, 0.29) is 15.8 Å². The molecule has 0 radical (unpaired) electrons. The molecule has 2 aliphatic heterocycles. The van der Waals surface area contributed by atoms with Crippen LogP contribution in [0.3, 0.4) is 0 Å². The van der Waals surface area contributed by atoms with E-state index >= 15 is 0 Å². The predicted molar refractivity (Wildman–Crippen MR) is 90.7 cm³/mol. The third kappa shape index (κ3) is 3.11. The largest absolute Gasteiger partial charge is 0.314 e. The summed E-state index contributed by atoms with van der Waals surface area (Å²) in [6.45, 7) is 4.16. The van der Waals surface area contributed by atoms with Crippen molar-refractivity contribution in [1.82, 2.24) is 13.9 Å². The minimum absolute atomic E-state index is 0.113. The smallest absolute Gasteiger partial charge is 0.244 e. The molecule has 7 nitrogen and oxygen atoms in total. The lowest BCUT2D eigenvalue weighted by Crippen LogP contribution is -2.52. The minimum atomic E-state index is -3.87. The average molecular weight is 374 g/mol. The van der Waals surface area contributed by atoms with E-state index in [1.807, 2.05) is 6.92 Å². The van der Waals surface area contributed by atoms with Crippen LogP contribution in [-0.4, -0.2) is 64.2 Å². The third-order valence-corrected chi connectivity index (χ3v) is 8.72. The van der Waals surface area contributed by atoms with Gasteiger partial charge in [-0.25, -0.2) is 16.8 Å². The van der Waals surface area contributed by atoms with E-state index in [9.17, 15) is 16.8 Å². The molecular weight excluding hydrogens is 350 g/mol. The zero-order chi connectivity index (χ0) is 17.4. The molecule has 9 heteroatoms. The Morgan fingerprint density at radius 2 is 1.54 bits per heavy atom. The van der Waals surface area contributed by atoms with E-state index < -0.39 is 20.0 Å². The van der Waals surface area contributed by atoms with Gasteiger partial charge in [0.2, 0.25) is 20.0 Å². The van der Waals surface area contributed by atoms with Crippen LogP contribution in [0.1, 0.15) is 19.8 Å². The summed E-state index contributed by atoms with van der Waals surface area (Å²) in [6.07, 6.45) is 1.62. The van der Waals surface area contributed by atoms with Gasteiger partial charge in [0.15, 0.2) is 0 Å². The number of benzene rings is 1. The molecule has 1 aromatic rings. The average Bonchev–Trinajstić information content (AvgIpc) is 3.10. The highest BCUT2D eigenvalue weighted by Crippen LogP contribution is 2.29. The summed E-state index contributed by atoms with van der Waals surface area (Å²) in [7, 11) is -7.66. The van der Waals surface area contributed by atoms with Gasteiger partial charge >= 0.3 is 0 Å². The number of hydrogen-bond donors (Lipinski definition) is 1. The van der Waals surface area contributed by atoms with Crippen molar-refractivity contribution in [3.63, 3.8) is 0 Å². The first-order valence-corrected chi connectivity index (χ1v) is 11.0. The molecule has 134 valence electrons. The van der Waals surface area contributed by atoms with Gasteiger partial charge in [0.05, 0.1) is 0 Å². The van der Waals surface area contributed by atoms with Crippen LogP contribution in [0.15, 0.2) is 34.1 Å². The number of sulfonamides is 2. The van der Waals surface area contributed by atoms with Gasteiger partial charge in [-0.15, -0.1) is 0 Å². The standard InChI is InChI=1S/C15H23N3O4S2/c1-13-12-16-8-11-18(13)24(21,22)15-7-3-2-6-14(15)23(19,20)17-9-4-5-10-17/h2-3,6-7,13,16H,4-5,8-12H2,1H3. The van der Waals surface area contributed by atoms with E-state index in [0.29, 0.717) is 32.7 Å². The van der Waals surface area contributed by atoms with Crippen LogP contribution in [0, 0.1) is 0 Å². The molecular formula is C15H23N3O4S2. The summed E-state index contributed by atoms with van der Waals surface area (Å²) >= 11 is 0. The van der Waals surface area contributed by atoms with Gasteiger partial charge in [0.1, 0.15) is 9.79 Å². The molecule has 3 rings (SSSR count). The van der Waals surface area contributed by atoms with Crippen LogP contribution < -0.4 is 5.32 Å². The first-order valence-electron chi connectivity index (χ1n) is 8.17. The van der Waals surface area contributed by atoms with Crippen molar-refractivity contribution in [1.29, 1.82) is 0 Å². The summed E-state index contributed by atoms with van der Waals surface area (Å²) in [4.78, 5) is -0.233. The minimum Gasteiger partial charge on any atom is -0.314 e. The molecule has 1 atom stereocenters. The van der Waals surface area contributed by atoms with Crippen LogP contribution >= 0.6 is 0 Å². The Bertz CT molecular complexity index is 802. The highest BCUT2D eigenvalue weighted by Gasteiger charge is 2.37. The van der Waals surface area contributed by atoms with Crippen molar-refractivity contribution >= 4 is 20.0 Å². The van der Waals surface area contributed by atoms with Crippen molar-refractivity contribution in [3.8, 4) is 0 Å². The summed E-state index contributed by atoms with van der Waals surface area (Å²) in [5, 5.41) is 3.15. The maximum atomic E-state index is 13.1. The van der Waals surface area contributed by atoms with Gasteiger partial charge in [-0.3, -0.25) is 0 Å². The molecule has 2 aliphatic rings. The molecule has 1 unspecified atom stereocenters. The first kappa shape index (κ1) is 17.8. The fourth-order valence-electron chi connectivity index (χ4n) is 3.25. The Morgan fingerprint density at radius 1 is 0.958 bits per heavy atom. The zero-order valence-electron chi connectivity index (χ0n) is 13.7. The van der Waals surface area contributed by atoms with Gasteiger partial charge in [0, 0.05) is 38.8 Å². The fourth-order valence-corrected chi connectivity index (χ4v) is 7.18. The zero-order valence-corrected chi connectivity index (χ0v) is 15.3. The topological polar surface area (TPSA) is 86.8 Å². The van der Waals surface area contributed by atoms with E-state index in [1.165, 1.54) is 20.7 Å². The van der Waals surface area contributed by atoms with Crippen LogP contribution in [0.25, 0.3) is 0 Å². The molecule has 0 saturated carbocycles. The van der Waals surface area contributed by atoms with E-state index in [2.05, 4.69) is 5.32 Å². The third-order valence-electron chi connectivity index (χ3n) is 4.56. The van der Waals surface area contributed by atoms with E-state index in [4.69, 9.17) is 0 Å². The SMILES string of the molecule is CC1CNCCN1S(=O)(=O)c1ccccc1S(=O)(=O)N1CCCC1. The molecule has 1 aromatic carbocycles. The summed E-state index contributed by atoms with van der Waals surface area (Å²) in [5.41, 5.74) is 0. The maximum Gasteiger partial charge on any atom is 0.244 e. The molecule has 1 N–H and O–H groups in total. The molecule has 0 amide bonds. The van der Waals surface area contributed by atoms with Gasteiger partial charge in [0.25, 0.3) is 0 Å². The number of hydrogen-bond acceptors (Lipinski definition) is 5. The van der Waals surface area contributed by atoms with Crippen molar-refractivity contribution in [2.45, 2.75) is 35.6 Å². The Labute approximate surface area is 143 Å². The molecule has 0 bridgehead atoms. The molecule has 0 spiro atoms. The van der Waals surface area contributed by atoms with Crippen molar-refractivity contribution < 1.29 is 16.8 Å². The normalized spacial score (nSPS) is 24.3. The molecule has 24 heavy (non-hydrogen) atoms. The molecule has 2 fully saturated rings. The summed E-state index contributed by atoms with van der Waals surface area (Å²) in [6, 6.07) is 5.72. The molecule has 2 heterocycles. The maximum absolute atomic E-state index is 13.1. The Balaban J connectivity index is 2.06. The lowest BCUT2D eigenvalue weighted by Gasteiger charge is -2.33. The first-order chi connectivity index (χ1) is 11.3. The second-order valence-corrected chi connectivity index (χ2v) is 9.99. The fraction of sp³-hybridized carbons (Fsp3) is 0.600. The second kappa shape index (κ2) is 6.72. The van der Waals surface area contributed by atoms with Gasteiger partial charge < -0.3 is 5.32 Å². The second-order valence-electron chi connectivity index (χ2n) is 6.23. The quantitative estimate of drug-likeness (QED) is 0.828. The summed E-state index contributed by atoms with van der Waals surface area (Å²) < 4.78 is 54.8. The van der Waals surface area contributed by atoms with Gasteiger partial charge in [-0.05, 0) is 31.9 Å². The Morgan fingerprint density at radius 3 is 2.12 bits per heavy atom. The lowest BCUT2D eigenvalue weighted by molar-refractivity contribution is 0.283. The predicted octanol–water partition coefficient (Wildman–Crippen LogP) is 0.454. The Hall–Kier alpha value is -1.00. The number of nitrogens with zero attached hydrogens (tertiary/aromatic N) is 2. The highest BCUT2D eigenvalue weighted by atomic mass is 32.2. The van der Waals surface area contributed by atoms with Crippen molar-refractivity contribution in [2.24, 2.45) is 0 Å². The van der Waals surface area contributed by atoms with Crippen LogP contribution in [0.4, 0.5) is 0 Å². The monoisotopic (exact) mass is 373 g/mol. The molecule has 2 saturated heterocycles. The van der Waals surface area contributed by atoms with Crippen LogP contribution in [0.2, 0.25) is 0 Å². The van der Waals surface area contributed by atoms with Crippen molar-refractivity contribution in [3.05, 3.63) is 24.3 Å². The molecule has 0 aliphatic carbocycles. The van der Waals surface area contributed by atoms with E-state index in [1.54, 1.807) is 12.1 Å². The number of rotatable bonds is 4. The number of nitrogens with one attached hydrogen (secondary N) is 1. The Kier molecular flexibility index (Phi) is 4.99.